The van der Waals surface area contributed by atoms with Gasteiger partial charge in [0.15, 0.2) is 5.60 Å². The lowest BCUT2D eigenvalue weighted by molar-refractivity contribution is -0.170. The minimum absolute atomic E-state index is 0.441. The fourth-order valence-electron chi connectivity index (χ4n) is 1.80. The third kappa shape index (κ3) is 5.02. The highest BCUT2D eigenvalue weighted by Gasteiger charge is 2.35. The Kier molecular flexibility index (Phi) is 5.53. The summed E-state index contributed by atoms with van der Waals surface area (Å²) in [5.41, 5.74) is -0.356. The van der Waals surface area contributed by atoms with Gasteiger partial charge in [-0.25, -0.2) is 4.79 Å². The SMILES string of the molecule is C=CCc1cc(C=O)ccc1OC(C)(C)C(=O)OC(C)(C)C. The molecule has 0 aliphatic heterocycles. The monoisotopic (exact) mass is 304 g/mol. The molecule has 0 unspecified atom stereocenters. The number of aldehydes is 1. The highest BCUT2D eigenvalue weighted by molar-refractivity contribution is 5.80. The van der Waals surface area contributed by atoms with E-state index in [2.05, 4.69) is 6.58 Å². The quantitative estimate of drug-likeness (QED) is 0.456. The van der Waals surface area contributed by atoms with Crippen molar-refractivity contribution in [1.82, 2.24) is 0 Å². The van der Waals surface area contributed by atoms with Crippen LogP contribution in [-0.2, 0) is 16.0 Å². The molecule has 0 bridgehead atoms. The van der Waals surface area contributed by atoms with Crippen LogP contribution in [0.4, 0.5) is 0 Å². The van der Waals surface area contributed by atoms with Crippen LogP contribution in [0.3, 0.4) is 0 Å². The van der Waals surface area contributed by atoms with Gasteiger partial charge in [0, 0.05) is 5.56 Å². The second-order valence-electron chi connectivity index (χ2n) is 6.59. The van der Waals surface area contributed by atoms with Gasteiger partial charge in [-0.05, 0) is 64.8 Å². The van der Waals surface area contributed by atoms with E-state index >= 15 is 0 Å². The summed E-state index contributed by atoms with van der Waals surface area (Å²) in [6.07, 6.45) is 3.04. The fourth-order valence-corrected chi connectivity index (χ4v) is 1.80. The number of esters is 1. The van der Waals surface area contributed by atoms with Crippen molar-refractivity contribution in [2.75, 3.05) is 0 Å². The maximum absolute atomic E-state index is 12.3. The van der Waals surface area contributed by atoms with Crippen LogP contribution >= 0.6 is 0 Å². The lowest BCUT2D eigenvalue weighted by Crippen LogP contribution is -2.43. The summed E-state index contributed by atoms with van der Waals surface area (Å²) in [5, 5.41) is 0. The summed E-state index contributed by atoms with van der Waals surface area (Å²) in [5.74, 6) is 0.102. The molecule has 0 N–H and O–H groups in total. The van der Waals surface area contributed by atoms with E-state index in [9.17, 15) is 9.59 Å². The Morgan fingerprint density at radius 2 is 1.86 bits per heavy atom. The van der Waals surface area contributed by atoms with Crippen LogP contribution in [0.15, 0.2) is 30.9 Å². The maximum Gasteiger partial charge on any atom is 0.350 e. The number of carbonyl (C=O) groups excluding carboxylic acids is 2. The van der Waals surface area contributed by atoms with Crippen molar-refractivity contribution < 1.29 is 19.1 Å². The molecule has 4 nitrogen and oxygen atoms in total. The van der Waals surface area contributed by atoms with Crippen molar-refractivity contribution >= 4 is 12.3 Å². The molecule has 0 radical (unpaired) electrons. The predicted molar refractivity (Wildman–Crippen MR) is 86.3 cm³/mol. The average molecular weight is 304 g/mol. The van der Waals surface area contributed by atoms with Crippen LogP contribution in [0.5, 0.6) is 5.75 Å². The first kappa shape index (κ1) is 18.0. The summed E-state index contributed by atoms with van der Waals surface area (Å²) in [6.45, 7) is 12.4. The van der Waals surface area contributed by atoms with E-state index in [-0.39, 0.29) is 0 Å². The van der Waals surface area contributed by atoms with Gasteiger partial charge in [0.2, 0.25) is 0 Å². The van der Waals surface area contributed by atoms with Gasteiger partial charge in [-0.2, -0.15) is 0 Å². The fraction of sp³-hybridized carbons (Fsp3) is 0.444. The highest BCUT2D eigenvalue weighted by Crippen LogP contribution is 2.27. The Bertz CT molecular complexity index is 565. The van der Waals surface area contributed by atoms with Gasteiger partial charge in [0.1, 0.15) is 17.6 Å². The molecule has 0 aliphatic rings. The summed E-state index contributed by atoms with van der Waals surface area (Å²) in [4.78, 5) is 23.1. The molecule has 1 rings (SSSR count). The number of rotatable bonds is 6. The van der Waals surface area contributed by atoms with Crippen LogP contribution in [0.1, 0.15) is 50.5 Å². The number of benzene rings is 1. The molecule has 4 heteroatoms. The maximum atomic E-state index is 12.3. The molecule has 0 heterocycles. The second kappa shape index (κ2) is 6.77. The molecular weight excluding hydrogens is 280 g/mol. The molecule has 0 fully saturated rings. The average Bonchev–Trinajstić information content (AvgIpc) is 2.38. The summed E-state index contributed by atoms with van der Waals surface area (Å²) < 4.78 is 11.2. The van der Waals surface area contributed by atoms with Crippen molar-refractivity contribution in [3.8, 4) is 5.75 Å². The molecule has 0 saturated heterocycles. The first-order valence-electron chi connectivity index (χ1n) is 7.20. The number of hydrogen-bond acceptors (Lipinski definition) is 4. The number of allylic oxidation sites excluding steroid dienone is 1. The minimum atomic E-state index is -1.13. The summed E-state index contributed by atoms with van der Waals surface area (Å²) in [7, 11) is 0. The molecule has 22 heavy (non-hydrogen) atoms. The van der Waals surface area contributed by atoms with Gasteiger partial charge in [0.05, 0.1) is 0 Å². The van der Waals surface area contributed by atoms with Crippen molar-refractivity contribution in [2.24, 2.45) is 0 Å². The van der Waals surface area contributed by atoms with Crippen LogP contribution < -0.4 is 4.74 Å². The zero-order valence-corrected chi connectivity index (χ0v) is 13.9. The zero-order valence-electron chi connectivity index (χ0n) is 13.9. The number of ether oxygens (including phenoxy) is 2. The van der Waals surface area contributed by atoms with Gasteiger partial charge >= 0.3 is 5.97 Å². The van der Waals surface area contributed by atoms with E-state index in [1.165, 1.54) is 0 Å². The van der Waals surface area contributed by atoms with Gasteiger partial charge in [-0.15, -0.1) is 6.58 Å². The molecule has 120 valence electrons. The van der Waals surface area contributed by atoms with E-state index in [4.69, 9.17) is 9.47 Å². The second-order valence-corrected chi connectivity index (χ2v) is 6.59. The van der Waals surface area contributed by atoms with Crippen LogP contribution in [0.25, 0.3) is 0 Å². The Balaban J connectivity index is 3.03. The third-order valence-electron chi connectivity index (χ3n) is 2.84. The Hall–Kier alpha value is -2.10. The lowest BCUT2D eigenvalue weighted by Gasteiger charge is -2.29. The molecule has 0 amide bonds. The van der Waals surface area contributed by atoms with Crippen molar-refractivity contribution in [3.63, 3.8) is 0 Å². The van der Waals surface area contributed by atoms with Crippen LogP contribution in [-0.4, -0.2) is 23.5 Å². The Morgan fingerprint density at radius 3 is 2.36 bits per heavy atom. The first-order valence-corrected chi connectivity index (χ1v) is 7.20. The Morgan fingerprint density at radius 1 is 1.23 bits per heavy atom. The van der Waals surface area contributed by atoms with Crippen molar-refractivity contribution in [2.45, 2.75) is 52.2 Å². The molecular formula is C18H24O4. The summed E-state index contributed by atoms with van der Waals surface area (Å²) >= 11 is 0. The first-order chi connectivity index (χ1) is 10.1. The normalized spacial score (nSPS) is 11.7. The van der Waals surface area contributed by atoms with Gasteiger partial charge < -0.3 is 9.47 Å². The molecule has 0 saturated carbocycles. The number of hydrogen-bond donors (Lipinski definition) is 0. The van der Waals surface area contributed by atoms with E-state index in [0.717, 1.165) is 11.8 Å². The predicted octanol–water partition coefficient (Wildman–Crippen LogP) is 3.73. The molecule has 0 aliphatic carbocycles. The Labute approximate surface area is 132 Å². The van der Waals surface area contributed by atoms with E-state index in [0.29, 0.717) is 17.7 Å². The summed E-state index contributed by atoms with van der Waals surface area (Å²) in [6, 6.07) is 5.07. The van der Waals surface area contributed by atoms with E-state index in [1.807, 2.05) is 20.8 Å². The molecule has 0 atom stereocenters. The topological polar surface area (TPSA) is 52.6 Å². The van der Waals surface area contributed by atoms with Crippen molar-refractivity contribution in [1.29, 1.82) is 0 Å². The van der Waals surface area contributed by atoms with Crippen LogP contribution in [0.2, 0.25) is 0 Å². The van der Waals surface area contributed by atoms with Crippen molar-refractivity contribution in [3.05, 3.63) is 42.0 Å². The van der Waals surface area contributed by atoms with Crippen LogP contribution in [0, 0.1) is 0 Å². The molecule has 0 spiro atoms. The largest absolute Gasteiger partial charge is 0.476 e. The molecule has 1 aromatic rings. The highest BCUT2D eigenvalue weighted by atomic mass is 16.6. The van der Waals surface area contributed by atoms with Gasteiger partial charge in [0.25, 0.3) is 0 Å². The molecule has 1 aromatic carbocycles. The minimum Gasteiger partial charge on any atom is -0.476 e. The van der Waals surface area contributed by atoms with Gasteiger partial charge in [-0.1, -0.05) is 6.08 Å². The standard InChI is InChI=1S/C18H24O4/c1-7-8-14-11-13(12-19)9-10-15(14)21-18(5,6)16(20)22-17(2,3)4/h7,9-12H,1,8H2,2-6H3. The smallest absolute Gasteiger partial charge is 0.350 e. The lowest BCUT2D eigenvalue weighted by atomic mass is 10.1. The third-order valence-corrected chi connectivity index (χ3v) is 2.84. The van der Waals surface area contributed by atoms with E-state index in [1.54, 1.807) is 38.1 Å². The molecule has 0 aromatic heterocycles. The number of carbonyl (C=O) groups is 2. The van der Waals surface area contributed by atoms with Gasteiger partial charge in [-0.3, -0.25) is 4.79 Å². The zero-order chi connectivity index (χ0) is 17.0. The van der Waals surface area contributed by atoms with E-state index < -0.39 is 17.2 Å².